The van der Waals surface area contributed by atoms with Crippen molar-refractivity contribution in [3.63, 3.8) is 0 Å². The highest BCUT2D eigenvalue weighted by atomic mass is 32.1. The summed E-state index contributed by atoms with van der Waals surface area (Å²) in [4.78, 5) is 32.9. The van der Waals surface area contributed by atoms with Crippen LogP contribution in [0.3, 0.4) is 0 Å². The first-order valence-corrected chi connectivity index (χ1v) is 10.1. The Morgan fingerprint density at radius 2 is 2.07 bits per heavy atom. The molecule has 3 aromatic rings. The van der Waals surface area contributed by atoms with Gasteiger partial charge in [0.2, 0.25) is 0 Å². The van der Waals surface area contributed by atoms with E-state index in [1.807, 2.05) is 4.90 Å². The summed E-state index contributed by atoms with van der Waals surface area (Å²) in [5.41, 5.74) is 2.20. The summed E-state index contributed by atoms with van der Waals surface area (Å²) in [6, 6.07) is 5.18. The Bertz CT molecular complexity index is 1090. The minimum absolute atomic E-state index is 0.0285. The lowest BCUT2D eigenvalue weighted by molar-refractivity contribution is 0.0713. The quantitative estimate of drug-likeness (QED) is 0.615. The summed E-state index contributed by atoms with van der Waals surface area (Å²) in [6.45, 7) is 1.53. The van der Waals surface area contributed by atoms with Gasteiger partial charge in [0.15, 0.2) is 0 Å². The van der Waals surface area contributed by atoms with Crippen molar-refractivity contribution in [3.05, 3.63) is 39.8 Å². The molecule has 4 rings (SSSR count). The van der Waals surface area contributed by atoms with E-state index in [4.69, 9.17) is 6.42 Å². The van der Waals surface area contributed by atoms with E-state index >= 15 is 0 Å². The third kappa shape index (κ3) is 3.84. The molecule has 2 aromatic heterocycles. The topological polar surface area (TPSA) is 92.4 Å². The van der Waals surface area contributed by atoms with Gasteiger partial charge in [-0.25, -0.2) is 9.61 Å². The maximum atomic E-state index is 12.8. The van der Waals surface area contributed by atoms with E-state index in [1.165, 1.54) is 16.2 Å². The molecule has 0 saturated carbocycles. The summed E-state index contributed by atoms with van der Waals surface area (Å²) < 4.78 is 4.69. The Morgan fingerprint density at radius 1 is 1.31 bits per heavy atom. The number of fused-ring (bicyclic) bond motifs is 1. The van der Waals surface area contributed by atoms with Crippen molar-refractivity contribution in [1.82, 2.24) is 25.1 Å². The van der Waals surface area contributed by atoms with Crippen LogP contribution < -0.4 is 0 Å². The van der Waals surface area contributed by atoms with Crippen LogP contribution in [0.5, 0.6) is 0 Å². The van der Waals surface area contributed by atoms with Gasteiger partial charge in [0.05, 0.1) is 11.6 Å². The number of carbonyl (C=O) groups is 2. The van der Waals surface area contributed by atoms with Gasteiger partial charge < -0.3 is 9.80 Å². The smallest absolute Gasteiger partial charge is 0.273 e. The molecule has 29 heavy (non-hydrogen) atoms. The minimum atomic E-state index is -0.171. The zero-order valence-corrected chi connectivity index (χ0v) is 16.7. The molecule has 0 spiro atoms. The first-order valence-electron chi connectivity index (χ1n) is 9.22. The minimum Gasteiger partial charge on any atom is -0.339 e. The van der Waals surface area contributed by atoms with Gasteiger partial charge in [-0.2, -0.15) is 0 Å². The second-order valence-electron chi connectivity index (χ2n) is 6.97. The van der Waals surface area contributed by atoms with Crippen molar-refractivity contribution in [2.45, 2.75) is 18.8 Å². The molecule has 0 atom stereocenters. The van der Waals surface area contributed by atoms with Crippen LogP contribution in [0.2, 0.25) is 0 Å². The summed E-state index contributed by atoms with van der Waals surface area (Å²) in [6.07, 6.45) is 6.88. The molecule has 0 unspecified atom stereocenters. The van der Waals surface area contributed by atoms with Gasteiger partial charge in [0, 0.05) is 37.0 Å². The molecule has 1 aromatic carbocycles. The van der Waals surface area contributed by atoms with Crippen LogP contribution >= 0.6 is 11.3 Å². The molecule has 9 heteroatoms. The van der Waals surface area contributed by atoms with E-state index in [0.29, 0.717) is 35.4 Å². The number of terminal acetylenes is 1. The molecule has 0 N–H and O–H groups in total. The number of piperidine rings is 1. The van der Waals surface area contributed by atoms with Gasteiger partial charge in [-0.3, -0.25) is 9.59 Å². The Morgan fingerprint density at radius 3 is 2.83 bits per heavy atom. The second kappa shape index (κ2) is 8.01. The van der Waals surface area contributed by atoms with Gasteiger partial charge in [0.25, 0.3) is 11.8 Å². The van der Waals surface area contributed by atoms with E-state index < -0.39 is 0 Å². The fourth-order valence-electron chi connectivity index (χ4n) is 3.40. The third-order valence-corrected chi connectivity index (χ3v) is 6.06. The molecule has 1 aliphatic rings. The van der Waals surface area contributed by atoms with E-state index in [2.05, 4.69) is 25.8 Å². The third-order valence-electron chi connectivity index (χ3n) is 5.05. The number of nitrogens with zero attached hydrogens (tertiary/aromatic N) is 5. The molecule has 148 valence electrons. The lowest BCUT2D eigenvalue weighted by Crippen LogP contribution is -2.37. The molecule has 2 amide bonds. The molecule has 8 nitrogen and oxygen atoms in total. The van der Waals surface area contributed by atoms with Crippen molar-refractivity contribution in [2.24, 2.45) is 0 Å². The highest BCUT2D eigenvalue weighted by Gasteiger charge is 2.27. The van der Waals surface area contributed by atoms with E-state index in [-0.39, 0.29) is 24.3 Å². The van der Waals surface area contributed by atoms with Crippen molar-refractivity contribution in [3.8, 4) is 12.3 Å². The van der Waals surface area contributed by atoms with Gasteiger partial charge in [0.1, 0.15) is 16.7 Å². The summed E-state index contributed by atoms with van der Waals surface area (Å²) >= 11 is 1.49. The largest absolute Gasteiger partial charge is 0.339 e. The molecule has 1 fully saturated rings. The second-order valence-corrected chi connectivity index (χ2v) is 7.86. The fraction of sp³-hybridized carbons (Fsp3) is 0.350. The fourth-order valence-corrected chi connectivity index (χ4v) is 4.37. The van der Waals surface area contributed by atoms with E-state index in [0.717, 1.165) is 17.8 Å². The summed E-state index contributed by atoms with van der Waals surface area (Å²) in [7, 11) is 1.66. The van der Waals surface area contributed by atoms with Crippen molar-refractivity contribution < 1.29 is 14.2 Å². The number of aromatic nitrogens is 3. The maximum Gasteiger partial charge on any atom is 0.273 e. The summed E-state index contributed by atoms with van der Waals surface area (Å²) in [5, 5.41) is 10.3. The molecule has 0 bridgehead atoms. The number of rotatable bonds is 4. The number of hydrogen-bond donors (Lipinski definition) is 0. The molecular weight excluding hydrogens is 390 g/mol. The molecule has 1 saturated heterocycles. The number of carbonyl (C=O) groups excluding carboxylic acids is 2. The Kier molecular flexibility index (Phi) is 5.27. The SMILES string of the molecule is C#CCN(C)C(=O)c1csc(C2CCN(C(=O)c3ccc4nonc4c3)CC2)n1. The van der Waals surface area contributed by atoms with Gasteiger partial charge in [-0.1, -0.05) is 5.92 Å². The van der Waals surface area contributed by atoms with Crippen LogP contribution in [0, 0.1) is 12.3 Å². The monoisotopic (exact) mass is 409 g/mol. The maximum absolute atomic E-state index is 12.8. The van der Waals surface area contributed by atoms with Crippen molar-refractivity contribution in [1.29, 1.82) is 0 Å². The van der Waals surface area contributed by atoms with E-state index in [1.54, 1.807) is 30.6 Å². The van der Waals surface area contributed by atoms with Crippen LogP contribution in [-0.2, 0) is 0 Å². The number of likely N-dealkylation sites (tertiary alicyclic amines) is 1. The highest BCUT2D eigenvalue weighted by molar-refractivity contribution is 7.09. The molecule has 1 aliphatic heterocycles. The average molecular weight is 409 g/mol. The van der Waals surface area contributed by atoms with Crippen LogP contribution in [-0.4, -0.2) is 63.6 Å². The first kappa shape index (κ1) is 19.1. The Balaban J connectivity index is 1.38. The molecule has 0 aliphatic carbocycles. The molecule has 0 radical (unpaired) electrons. The standard InChI is InChI=1S/C20H19N5O3S/c1-3-8-24(2)20(27)17-12-29-18(21-17)13-6-9-25(10-7-13)19(26)14-4-5-15-16(11-14)23-28-22-15/h1,4-5,11-13H,6-10H2,2H3. The lowest BCUT2D eigenvalue weighted by atomic mass is 9.97. The van der Waals surface area contributed by atoms with Crippen LogP contribution in [0.15, 0.2) is 28.2 Å². The van der Waals surface area contributed by atoms with Crippen molar-refractivity contribution in [2.75, 3.05) is 26.7 Å². The first-order chi connectivity index (χ1) is 14.1. The number of amides is 2. The Labute approximate surface area is 171 Å². The van der Waals surface area contributed by atoms with Gasteiger partial charge >= 0.3 is 0 Å². The van der Waals surface area contributed by atoms with Crippen LogP contribution in [0.4, 0.5) is 0 Å². The molecule has 3 heterocycles. The zero-order chi connectivity index (χ0) is 20.4. The predicted molar refractivity (Wildman–Crippen MR) is 108 cm³/mol. The van der Waals surface area contributed by atoms with Gasteiger partial charge in [-0.15, -0.1) is 17.8 Å². The van der Waals surface area contributed by atoms with E-state index in [9.17, 15) is 9.59 Å². The zero-order valence-electron chi connectivity index (χ0n) is 15.9. The Hall–Kier alpha value is -3.25. The lowest BCUT2D eigenvalue weighted by Gasteiger charge is -2.31. The highest BCUT2D eigenvalue weighted by Crippen LogP contribution is 2.31. The van der Waals surface area contributed by atoms with Crippen LogP contribution in [0.25, 0.3) is 11.0 Å². The number of hydrogen-bond acceptors (Lipinski definition) is 7. The predicted octanol–water partition coefficient (Wildman–Crippen LogP) is 2.40. The normalized spacial score (nSPS) is 14.7. The summed E-state index contributed by atoms with van der Waals surface area (Å²) in [5.74, 6) is 2.50. The molecular formula is C20H19N5O3S. The van der Waals surface area contributed by atoms with Crippen LogP contribution in [0.1, 0.15) is 44.6 Å². The number of thiazole rings is 1. The van der Waals surface area contributed by atoms with Crippen molar-refractivity contribution >= 4 is 34.2 Å². The van der Waals surface area contributed by atoms with Gasteiger partial charge in [-0.05, 0) is 41.4 Å². The number of benzene rings is 1. The average Bonchev–Trinajstić information content (AvgIpc) is 3.42.